The van der Waals surface area contributed by atoms with Crippen LogP contribution < -0.4 is 9.64 Å². The number of aryl methyl sites for hydroxylation is 2. The van der Waals surface area contributed by atoms with Gasteiger partial charge in [-0.2, -0.15) is 4.99 Å². The van der Waals surface area contributed by atoms with Crippen LogP contribution in [0, 0.1) is 6.92 Å². The second-order valence-electron chi connectivity index (χ2n) is 11.3. The molecule has 0 N–H and O–H groups in total. The number of rotatable bonds is 10. The van der Waals surface area contributed by atoms with Crippen LogP contribution >= 0.6 is 11.8 Å². The van der Waals surface area contributed by atoms with Crippen LogP contribution in [-0.2, 0) is 11.2 Å². The second-order valence-corrected chi connectivity index (χ2v) is 12.3. The predicted octanol–water partition coefficient (Wildman–Crippen LogP) is 8.50. The number of amides is 1. The van der Waals surface area contributed by atoms with Crippen LogP contribution in [0.2, 0.25) is 0 Å². The number of alkyl halides is 3. The van der Waals surface area contributed by atoms with Crippen molar-refractivity contribution in [2.75, 3.05) is 17.2 Å². The smallest absolute Gasteiger partial charge is 0.406 e. The number of thioether (sulfide) groups is 1. The number of carbonyl (C=O) groups excluding carboxylic acids is 1. The minimum atomic E-state index is -4.74. The van der Waals surface area contributed by atoms with Crippen molar-refractivity contribution in [2.45, 2.75) is 65.2 Å². The molecule has 0 atom stereocenters. The van der Waals surface area contributed by atoms with Gasteiger partial charge in [-0.1, -0.05) is 62.0 Å². The summed E-state index contributed by atoms with van der Waals surface area (Å²) in [6.07, 6.45) is 0.685. The van der Waals surface area contributed by atoms with Gasteiger partial charge >= 0.3 is 6.36 Å². The van der Waals surface area contributed by atoms with E-state index in [1.807, 2.05) is 24.3 Å². The molecular weight excluding hydrogens is 599 g/mol. The van der Waals surface area contributed by atoms with E-state index < -0.39 is 6.36 Å². The summed E-state index contributed by atoms with van der Waals surface area (Å²) >= 11 is 1.66. The first-order chi connectivity index (χ1) is 21.6. The lowest BCUT2D eigenvalue weighted by atomic mass is 9.95. The van der Waals surface area contributed by atoms with Crippen LogP contribution in [0.5, 0.6) is 5.75 Å². The van der Waals surface area contributed by atoms with E-state index in [0.29, 0.717) is 23.9 Å². The number of nitrogens with zero attached hydrogens (tertiary/aromatic N) is 5. The summed E-state index contributed by atoms with van der Waals surface area (Å²) in [7, 11) is 0. The molecule has 11 heteroatoms. The summed E-state index contributed by atoms with van der Waals surface area (Å²) in [5.41, 5.74) is 6.25. The van der Waals surface area contributed by atoms with Gasteiger partial charge in [0.1, 0.15) is 12.1 Å². The third-order valence-corrected chi connectivity index (χ3v) is 8.59. The maximum atomic E-state index is 12.9. The maximum absolute atomic E-state index is 12.9. The van der Waals surface area contributed by atoms with Crippen LogP contribution in [0.4, 0.5) is 18.9 Å². The van der Waals surface area contributed by atoms with Crippen LogP contribution in [0.1, 0.15) is 62.1 Å². The van der Waals surface area contributed by atoms with Gasteiger partial charge in [-0.25, -0.2) is 9.67 Å². The Labute approximate surface area is 265 Å². The first-order valence-electron chi connectivity index (χ1n) is 15.1. The SMILES string of the molecule is Cc1cccc(N2CCCSC2=NC(=O)CCCCc2ccc(-c3ncn(-c4ccc(OC(F)(F)F)cc4)n3)cc2)c1C(C)C. The predicted molar refractivity (Wildman–Crippen MR) is 173 cm³/mol. The number of carbonyl (C=O) groups is 1. The number of anilines is 1. The van der Waals surface area contributed by atoms with Gasteiger partial charge in [0.25, 0.3) is 0 Å². The average Bonchev–Trinajstić information content (AvgIpc) is 3.50. The lowest BCUT2D eigenvalue weighted by Crippen LogP contribution is -2.35. The van der Waals surface area contributed by atoms with Crippen molar-refractivity contribution in [3.05, 3.63) is 89.7 Å². The van der Waals surface area contributed by atoms with E-state index in [2.05, 4.69) is 63.7 Å². The van der Waals surface area contributed by atoms with Crippen molar-refractivity contribution in [3.8, 4) is 22.8 Å². The fourth-order valence-corrected chi connectivity index (χ4v) is 6.40. The molecule has 5 rings (SSSR count). The monoisotopic (exact) mass is 635 g/mol. The van der Waals surface area contributed by atoms with Gasteiger partial charge in [0.05, 0.1) is 5.69 Å². The molecule has 0 unspecified atom stereocenters. The minimum absolute atomic E-state index is 0.0809. The molecule has 0 radical (unpaired) electrons. The molecule has 0 aliphatic carbocycles. The van der Waals surface area contributed by atoms with Crippen LogP contribution in [0.3, 0.4) is 0 Å². The third-order valence-electron chi connectivity index (χ3n) is 7.52. The zero-order valence-corrected chi connectivity index (χ0v) is 26.4. The largest absolute Gasteiger partial charge is 0.573 e. The third kappa shape index (κ3) is 8.54. The molecule has 0 saturated carbocycles. The Kier molecular flexibility index (Phi) is 10.3. The number of halogens is 3. The molecular formula is C34H36F3N5O2S. The van der Waals surface area contributed by atoms with E-state index in [1.165, 1.54) is 46.4 Å². The first-order valence-corrected chi connectivity index (χ1v) is 16.0. The van der Waals surface area contributed by atoms with Gasteiger partial charge in [0, 0.05) is 30.0 Å². The number of ether oxygens (including phenoxy) is 1. The van der Waals surface area contributed by atoms with Crippen molar-refractivity contribution in [3.63, 3.8) is 0 Å². The lowest BCUT2D eigenvalue weighted by Gasteiger charge is -2.32. The highest BCUT2D eigenvalue weighted by Gasteiger charge is 2.31. The molecule has 1 aliphatic rings. The molecule has 4 aromatic rings. The Bertz CT molecular complexity index is 1630. The van der Waals surface area contributed by atoms with Gasteiger partial charge in [-0.3, -0.25) is 4.79 Å². The van der Waals surface area contributed by atoms with E-state index in [-0.39, 0.29) is 11.7 Å². The summed E-state index contributed by atoms with van der Waals surface area (Å²) in [6, 6.07) is 19.7. The van der Waals surface area contributed by atoms with Crippen LogP contribution in [0.25, 0.3) is 17.1 Å². The van der Waals surface area contributed by atoms with Crippen LogP contribution in [-0.4, -0.2) is 44.5 Å². The average molecular weight is 636 g/mol. The van der Waals surface area contributed by atoms with Crippen molar-refractivity contribution < 1.29 is 22.7 Å². The van der Waals surface area contributed by atoms with Gasteiger partial charge < -0.3 is 9.64 Å². The van der Waals surface area contributed by atoms with E-state index in [4.69, 9.17) is 0 Å². The molecule has 1 amide bonds. The summed E-state index contributed by atoms with van der Waals surface area (Å²) in [5.74, 6) is 1.47. The van der Waals surface area contributed by atoms with Gasteiger partial charge in [-0.15, -0.1) is 18.3 Å². The molecule has 1 aromatic heterocycles. The molecule has 1 aliphatic heterocycles. The van der Waals surface area contributed by atoms with Crippen molar-refractivity contribution in [1.29, 1.82) is 0 Å². The fraction of sp³-hybridized carbons (Fsp3) is 0.353. The molecule has 2 heterocycles. The van der Waals surface area contributed by atoms with Gasteiger partial charge in [-0.05, 0) is 85.5 Å². The molecule has 3 aromatic carbocycles. The summed E-state index contributed by atoms with van der Waals surface area (Å²) in [5, 5.41) is 5.26. The Morgan fingerprint density at radius 3 is 2.51 bits per heavy atom. The molecule has 0 bridgehead atoms. The molecule has 45 heavy (non-hydrogen) atoms. The number of unbranched alkanes of at least 4 members (excludes halogenated alkanes) is 1. The van der Waals surface area contributed by atoms with E-state index in [1.54, 1.807) is 11.8 Å². The fourth-order valence-electron chi connectivity index (χ4n) is 5.44. The topological polar surface area (TPSA) is 72.6 Å². The van der Waals surface area contributed by atoms with Crippen LogP contribution in [0.15, 0.2) is 78.0 Å². The highest BCUT2D eigenvalue weighted by molar-refractivity contribution is 8.14. The Hall–Kier alpha value is -4.12. The first kappa shape index (κ1) is 32.3. The number of amidine groups is 1. The van der Waals surface area contributed by atoms with Gasteiger partial charge in [0.15, 0.2) is 11.0 Å². The lowest BCUT2D eigenvalue weighted by molar-refractivity contribution is -0.274. The Morgan fingerprint density at radius 1 is 1.04 bits per heavy atom. The summed E-state index contributed by atoms with van der Waals surface area (Å²) in [6.45, 7) is 7.41. The molecule has 1 fully saturated rings. The normalized spacial score (nSPS) is 14.7. The summed E-state index contributed by atoms with van der Waals surface area (Å²) in [4.78, 5) is 24.0. The number of aromatic nitrogens is 3. The molecule has 1 saturated heterocycles. The Morgan fingerprint density at radius 2 is 1.80 bits per heavy atom. The quantitative estimate of drug-likeness (QED) is 0.163. The zero-order valence-electron chi connectivity index (χ0n) is 25.6. The highest BCUT2D eigenvalue weighted by Crippen LogP contribution is 2.34. The van der Waals surface area contributed by atoms with E-state index in [0.717, 1.165) is 60.0 Å². The summed E-state index contributed by atoms with van der Waals surface area (Å²) < 4.78 is 42.6. The molecule has 7 nitrogen and oxygen atoms in total. The number of hydrogen-bond acceptors (Lipinski definition) is 5. The van der Waals surface area contributed by atoms with Crippen molar-refractivity contribution in [2.24, 2.45) is 4.99 Å². The number of hydrogen-bond donors (Lipinski definition) is 0. The standard InChI is InChI=1S/C34H36F3N5O2S/c1-23(2)31-24(3)8-6-10-29(31)41-20-7-21-45-33(41)39-30(43)11-5-4-9-25-12-14-26(15-13-25)32-38-22-42(40-32)27-16-18-28(19-17-27)44-34(35,36)37/h6,8,10,12-19,22-23H,4-5,7,9,11,20-21H2,1-3H3. The minimum Gasteiger partial charge on any atom is -0.406 e. The van der Waals surface area contributed by atoms with Crippen molar-refractivity contribution >= 4 is 28.5 Å². The zero-order chi connectivity index (χ0) is 32.0. The van der Waals surface area contributed by atoms with Gasteiger partial charge in [0.2, 0.25) is 5.91 Å². The van der Waals surface area contributed by atoms with Crippen molar-refractivity contribution in [1.82, 2.24) is 14.8 Å². The maximum Gasteiger partial charge on any atom is 0.573 e. The molecule has 0 spiro atoms. The number of benzene rings is 3. The molecule has 236 valence electrons. The Balaban J connectivity index is 1.13. The van der Waals surface area contributed by atoms with E-state index in [9.17, 15) is 18.0 Å². The second kappa shape index (κ2) is 14.3. The van der Waals surface area contributed by atoms with E-state index >= 15 is 0 Å². The number of aliphatic imine (C=N–C) groups is 1. The highest BCUT2D eigenvalue weighted by atomic mass is 32.2.